The number of amides is 2. The largest absolute Gasteiger partial charge is 0.473 e. The molecule has 5 heteroatoms. The van der Waals surface area contributed by atoms with Gasteiger partial charge in [0.25, 0.3) is 0 Å². The zero-order chi connectivity index (χ0) is 13.9. The predicted octanol–water partition coefficient (Wildman–Crippen LogP) is 2.90. The molecule has 0 saturated carbocycles. The maximum absolute atomic E-state index is 11.3. The lowest BCUT2D eigenvalue weighted by Gasteiger charge is -2.09. The number of hydrogen-bond donors (Lipinski definition) is 2. The van der Waals surface area contributed by atoms with Crippen molar-refractivity contribution in [2.75, 3.05) is 19.2 Å². The Morgan fingerprint density at radius 1 is 1.26 bits per heavy atom. The van der Waals surface area contributed by atoms with Crippen LogP contribution in [0.3, 0.4) is 0 Å². The lowest BCUT2D eigenvalue weighted by atomic mass is 10.1. The first kappa shape index (κ1) is 15.6. The second-order valence-corrected chi connectivity index (χ2v) is 4.54. The third-order valence-electron chi connectivity index (χ3n) is 2.53. The quantitative estimate of drug-likeness (QED) is 0.438. The van der Waals surface area contributed by atoms with Gasteiger partial charge in [0, 0.05) is 12.4 Å². The van der Waals surface area contributed by atoms with Crippen molar-refractivity contribution < 1.29 is 9.53 Å². The van der Waals surface area contributed by atoms with Gasteiger partial charge in [-0.3, -0.25) is 0 Å². The maximum atomic E-state index is 11.3. The molecule has 0 bridgehead atoms. The van der Waals surface area contributed by atoms with Gasteiger partial charge in [0.15, 0.2) is 6.73 Å². The standard InChI is InChI=1S/C14H21ClN2O2/c1-2-4-12-5-7-13(8-6-12)19-11-17-14(18)16-10-3-9-15/h5-8H,2-4,9-11H2,1H3,(H2,16,17,18). The molecule has 19 heavy (non-hydrogen) atoms. The van der Waals surface area contributed by atoms with Crippen molar-refractivity contribution in [2.24, 2.45) is 0 Å². The second-order valence-electron chi connectivity index (χ2n) is 4.16. The fourth-order valence-corrected chi connectivity index (χ4v) is 1.69. The highest BCUT2D eigenvalue weighted by Crippen LogP contribution is 2.12. The molecule has 0 aliphatic rings. The number of hydrogen-bond acceptors (Lipinski definition) is 2. The number of halogens is 1. The van der Waals surface area contributed by atoms with Gasteiger partial charge in [0.1, 0.15) is 5.75 Å². The summed E-state index contributed by atoms with van der Waals surface area (Å²) in [6.45, 7) is 2.87. The molecule has 0 fully saturated rings. The summed E-state index contributed by atoms with van der Waals surface area (Å²) in [5.74, 6) is 1.29. The van der Waals surface area contributed by atoms with Gasteiger partial charge in [-0.15, -0.1) is 11.6 Å². The highest BCUT2D eigenvalue weighted by molar-refractivity contribution is 6.17. The minimum atomic E-state index is -0.243. The van der Waals surface area contributed by atoms with Gasteiger partial charge in [-0.05, 0) is 30.5 Å². The molecule has 4 nitrogen and oxygen atoms in total. The van der Waals surface area contributed by atoms with Crippen LogP contribution in [0.4, 0.5) is 4.79 Å². The Bertz CT molecular complexity index is 368. The predicted molar refractivity (Wildman–Crippen MR) is 77.8 cm³/mol. The number of alkyl halides is 1. The molecule has 0 spiro atoms. The molecule has 0 aliphatic carbocycles. The zero-order valence-corrected chi connectivity index (χ0v) is 12.0. The molecule has 0 radical (unpaired) electrons. The molecule has 1 aromatic carbocycles. The molecule has 1 aromatic rings. The molecule has 106 valence electrons. The minimum Gasteiger partial charge on any atom is -0.473 e. The first-order chi connectivity index (χ1) is 9.26. The number of aryl methyl sites for hydroxylation is 1. The Labute approximate surface area is 119 Å². The van der Waals surface area contributed by atoms with Crippen molar-refractivity contribution in [3.8, 4) is 5.75 Å². The molecule has 1 rings (SSSR count). The van der Waals surface area contributed by atoms with E-state index in [1.165, 1.54) is 5.56 Å². The Morgan fingerprint density at radius 2 is 2.00 bits per heavy atom. The maximum Gasteiger partial charge on any atom is 0.317 e. The van der Waals surface area contributed by atoms with Gasteiger partial charge >= 0.3 is 6.03 Å². The highest BCUT2D eigenvalue weighted by atomic mass is 35.5. The van der Waals surface area contributed by atoms with Gasteiger partial charge in [-0.25, -0.2) is 4.79 Å². The van der Waals surface area contributed by atoms with E-state index in [-0.39, 0.29) is 12.8 Å². The Kier molecular flexibility index (Phi) is 7.82. The summed E-state index contributed by atoms with van der Waals surface area (Å²) in [5, 5.41) is 5.30. The summed E-state index contributed by atoms with van der Waals surface area (Å²) in [6, 6.07) is 7.67. The molecule has 0 aliphatic heterocycles. The Morgan fingerprint density at radius 3 is 2.63 bits per heavy atom. The van der Waals surface area contributed by atoms with Crippen molar-refractivity contribution in [3.63, 3.8) is 0 Å². The average Bonchev–Trinajstić information content (AvgIpc) is 2.41. The van der Waals surface area contributed by atoms with E-state index >= 15 is 0 Å². The number of carbonyl (C=O) groups is 1. The molecule has 0 atom stereocenters. The number of carbonyl (C=O) groups excluding carboxylic acids is 1. The number of urea groups is 1. The number of nitrogens with one attached hydrogen (secondary N) is 2. The Hall–Kier alpha value is -1.42. The fraction of sp³-hybridized carbons (Fsp3) is 0.500. The average molecular weight is 285 g/mol. The summed E-state index contributed by atoms with van der Waals surface area (Å²) >= 11 is 5.51. The van der Waals surface area contributed by atoms with E-state index in [0.29, 0.717) is 12.4 Å². The molecule has 0 heterocycles. The molecule has 0 saturated heterocycles. The molecule has 2 N–H and O–H groups in total. The van der Waals surface area contributed by atoms with Crippen molar-refractivity contribution in [1.82, 2.24) is 10.6 Å². The van der Waals surface area contributed by atoms with Crippen LogP contribution < -0.4 is 15.4 Å². The van der Waals surface area contributed by atoms with Gasteiger partial charge in [-0.2, -0.15) is 0 Å². The van der Waals surface area contributed by atoms with E-state index in [1.54, 1.807) is 0 Å². The first-order valence-corrected chi connectivity index (χ1v) is 7.09. The van der Waals surface area contributed by atoms with E-state index in [2.05, 4.69) is 17.6 Å². The van der Waals surface area contributed by atoms with Gasteiger partial charge in [0.05, 0.1) is 0 Å². The van der Waals surface area contributed by atoms with E-state index < -0.39 is 0 Å². The molecular formula is C14H21ClN2O2. The Balaban J connectivity index is 2.19. The number of ether oxygens (including phenoxy) is 1. The van der Waals surface area contributed by atoms with Crippen LogP contribution in [-0.2, 0) is 6.42 Å². The third kappa shape index (κ3) is 6.91. The van der Waals surface area contributed by atoms with Crippen LogP contribution in [0.25, 0.3) is 0 Å². The summed E-state index contributed by atoms with van der Waals surface area (Å²) in [6.07, 6.45) is 2.96. The van der Waals surface area contributed by atoms with Crippen molar-refractivity contribution in [1.29, 1.82) is 0 Å². The highest BCUT2D eigenvalue weighted by Gasteiger charge is 1.99. The van der Waals surface area contributed by atoms with E-state index in [1.807, 2.05) is 24.3 Å². The van der Waals surface area contributed by atoms with Crippen molar-refractivity contribution in [3.05, 3.63) is 29.8 Å². The van der Waals surface area contributed by atoms with E-state index in [0.717, 1.165) is 25.0 Å². The summed E-state index contributed by atoms with van der Waals surface area (Å²) < 4.78 is 5.42. The number of rotatable bonds is 8. The fourth-order valence-electron chi connectivity index (χ4n) is 1.56. The van der Waals surface area contributed by atoms with E-state index in [4.69, 9.17) is 16.3 Å². The third-order valence-corrected chi connectivity index (χ3v) is 2.80. The lowest BCUT2D eigenvalue weighted by molar-refractivity contribution is 0.224. The molecule has 0 unspecified atom stereocenters. The van der Waals surface area contributed by atoms with E-state index in [9.17, 15) is 4.79 Å². The topological polar surface area (TPSA) is 50.4 Å². The summed E-state index contributed by atoms with van der Waals surface area (Å²) in [7, 11) is 0. The van der Waals surface area contributed by atoms with Crippen LogP contribution in [0, 0.1) is 0 Å². The van der Waals surface area contributed by atoms with Crippen LogP contribution in [0.1, 0.15) is 25.3 Å². The van der Waals surface area contributed by atoms with Crippen LogP contribution in [-0.4, -0.2) is 25.2 Å². The van der Waals surface area contributed by atoms with Crippen molar-refractivity contribution in [2.45, 2.75) is 26.2 Å². The summed E-state index contributed by atoms with van der Waals surface area (Å²) in [5.41, 5.74) is 1.29. The molecule has 0 aromatic heterocycles. The minimum absolute atomic E-state index is 0.153. The smallest absolute Gasteiger partial charge is 0.317 e. The SMILES string of the molecule is CCCc1ccc(OCNC(=O)NCCCCl)cc1. The first-order valence-electron chi connectivity index (χ1n) is 6.55. The normalized spacial score (nSPS) is 10.0. The van der Waals surface area contributed by atoms with Gasteiger partial charge in [-0.1, -0.05) is 25.5 Å². The van der Waals surface area contributed by atoms with Crippen LogP contribution >= 0.6 is 11.6 Å². The monoisotopic (exact) mass is 284 g/mol. The second kappa shape index (κ2) is 9.50. The van der Waals surface area contributed by atoms with Gasteiger partial charge in [0.2, 0.25) is 0 Å². The van der Waals surface area contributed by atoms with Crippen LogP contribution in [0.2, 0.25) is 0 Å². The number of benzene rings is 1. The van der Waals surface area contributed by atoms with Crippen LogP contribution in [0.15, 0.2) is 24.3 Å². The van der Waals surface area contributed by atoms with Crippen molar-refractivity contribution >= 4 is 17.6 Å². The van der Waals surface area contributed by atoms with Crippen LogP contribution in [0.5, 0.6) is 5.75 Å². The lowest BCUT2D eigenvalue weighted by Crippen LogP contribution is -2.38. The molecule has 2 amide bonds. The molecular weight excluding hydrogens is 264 g/mol. The van der Waals surface area contributed by atoms with Gasteiger partial charge < -0.3 is 15.4 Å². The summed E-state index contributed by atoms with van der Waals surface area (Å²) in [4.78, 5) is 11.3. The zero-order valence-electron chi connectivity index (χ0n) is 11.2.